The number of esters is 1. The van der Waals surface area contributed by atoms with Crippen LogP contribution in [-0.4, -0.2) is 44.7 Å². The fourth-order valence-electron chi connectivity index (χ4n) is 2.34. The van der Waals surface area contributed by atoms with Gasteiger partial charge in [0.15, 0.2) is 18.1 Å². The SMILES string of the molecule is COc1cc(C(=O)OCC(=O)Nc2ccc(F)c([N+](=O)[O-])c2)cc(OC)c1OC. The molecule has 0 aromatic heterocycles. The van der Waals surface area contributed by atoms with E-state index in [9.17, 15) is 24.1 Å². The van der Waals surface area contributed by atoms with E-state index in [0.29, 0.717) is 0 Å². The topological polar surface area (TPSA) is 126 Å². The molecule has 154 valence electrons. The second-order valence-corrected chi connectivity index (χ2v) is 5.46. The molecule has 2 aromatic rings. The lowest BCUT2D eigenvalue weighted by Gasteiger charge is -2.13. The number of ether oxygens (including phenoxy) is 4. The lowest BCUT2D eigenvalue weighted by Crippen LogP contribution is -2.21. The first-order valence-corrected chi connectivity index (χ1v) is 8.01. The van der Waals surface area contributed by atoms with Gasteiger partial charge in [-0.3, -0.25) is 14.9 Å². The number of halogens is 1. The summed E-state index contributed by atoms with van der Waals surface area (Å²) in [7, 11) is 4.16. The minimum Gasteiger partial charge on any atom is -0.493 e. The summed E-state index contributed by atoms with van der Waals surface area (Å²) in [5.41, 5.74) is -0.770. The zero-order chi connectivity index (χ0) is 21.6. The molecule has 0 atom stereocenters. The van der Waals surface area contributed by atoms with E-state index in [2.05, 4.69) is 5.32 Å². The van der Waals surface area contributed by atoms with Crippen LogP contribution >= 0.6 is 0 Å². The van der Waals surface area contributed by atoms with Crippen molar-refractivity contribution in [3.63, 3.8) is 0 Å². The normalized spacial score (nSPS) is 10.1. The Hall–Kier alpha value is -3.89. The Morgan fingerprint density at radius 1 is 1.07 bits per heavy atom. The number of hydrogen-bond acceptors (Lipinski definition) is 8. The monoisotopic (exact) mass is 408 g/mol. The van der Waals surface area contributed by atoms with Gasteiger partial charge in [0.25, 0.3) is 5.91 Å². The number of methoxy groups -OCH3 is 3. The summed E-state index contributed by atoms with van der Waals surface area (Å²) in [5.74, 6) is -1.93. The first kappa shape index (κ1) is 21.4. The quantitative estimate of drug-likeness (QED) is 0.401. The minimum atomic E-state index is -1.04. The van der Waals surface area contributed by atoms with E-state index >= 15 is 0 Å². The van der Waals surface area contributed by atoms with Crippen LogP contribution in [0.2, 0.25) is 0 Å². The Morgan fingerprint density at radius 2 is 1.69 bits per heavy atom. The number of carbonyl (C=O) groups is 2. The number of hydrogen-bond donors (Lipinski definition) is 1. The van der Waals surface area contributed by atoms with Gasteiger partial charge in [0.1, 0.15) is 0 Å². The van der Waals surface area contributed by atoms with Gasteiger partial charge in [-0.2, -0.15) is 4.39 Å². The standard InChI is InChI=1S/C18H17FN2O8/c1-26-14-6-10(7-15(27-2)17(14)28-3)18(23)29-9-16(22)20-11-4-5-12(19)13(8-11)21(24)25/h4-8H,9H2,1-3H3,(H,20,22). The highest BCUT2D eigenvalue weighted by Crippen LogP contribution is 2.38. The Bertz CT molecular complexity index is 922. The Balaban J connectivity index is 2.06. The highest BCUT2D eigenvalue weighted by Gasteiger charge is 2.19. The zero-order valence-corrected chi connectivity index (χ0v) is 15.7. The maximum Gasteiger partial charge on any atom is 0.338 e. The highest BCUT2D eigenvalue weighted by molar-refractivity contribution is 5.96. The van der Waals surface area contributed by atoms with Gasteiger partial charge in [-0.15, -0.1) is 0 Å². The smallest absolute Gasteiger partial charge is 0.338 e. The van der Waals surface area contributed by atoms with Crippen molar-refractivity contribution in [1.82, 2.24) is 0 Å². The average Bonchev–Trinajstić information content (AvgIpc) is 2.71. The van der Waals surface area contributed by atoms with Crippen LogP contribution in [0.25, 0.3) is 0 Å². The van der Waals surface area contributed by atoms with Crippen molar-refractivity contribution in [2.24, 2.45) is 0 Å². The van der Waals surface area contributed by atoms with Gasteiger partial charge < -0.3 is 24.3 Å². The number of nitrogens with one attached hydrogen (secondary N) is 1. The first-order chi connectivity index (χ1) is 13.8. The minimum absolute atomic E-state index is 0.0214. The molecule has 2 rings (SSSR count). The molecule has 2 aromatic carbocycles. The number of rotatable bonds is 8. The molecular weight excluding hydrogens is 391 g/mol. The molecule has 0 heterocycles. The molecule has 1 N–H and O–H groups in total. The van der Waals surface area contributed by atoms with E-state index < -0.39 is 34.9 Å². The van der Waals surface area contributed by atoms with Crippen LogP contribution < -0.4 is 19.5 Å². The Morgan fingerprint density at radius 3 is 2.21 bits per heavy atom. The molecule has 1 amide bonds. The maximum absolute atomic E-state index is 13.3. The second kappa shape index (κ2) is 9.35. The van der Waals surface area contributed by atoms with Crippen molar-refractivity contribution in [3.05, 3.63) is 51.8 Å². The number of amides is 1. The van der Waals surface area contributed by atoms with Gasteiger partial charge in [0.2, 0.25) is 11.6 Å². The maximum atomic E-state index is 13.3. The predicted molar refractivity (Wildman–Crippen MR) is 98.1 cm³/mol. The summed E-state index contributed by atoms with van der Waals surface area (Å²) < 4.78 is 33.7. The van der Waals surface area contributed by atoms with E-state index in [1.807, 2.05) is 0 Å². The predicted octanol–water partition coefficient (Wildman–Crippen LogP) is 2.56. The third-order valence-electron chi connectivity index (χ3n) is 3.66. The van der Waals surface area contributed by atoms with E-state index in [4.69, 9.17) is 18.9 Å². The van der Waals surface area contributed by atoms with Gasteiger partial charge in [-0.25, -0.2) is 4.79 Å². The van der Waals surface area contributed by atoms with E-state index in [1.54, 1.807) is 0 Å². The molecule has 11 heteroatoms. The first-order valence-electron chi connectivity index (χ1n) is 8.01. The van der Waals surface area contributed by atoms with Gasteiger partial charge in [0, 0.05) is 11.8 Å². The largest absolute Gasteiger partial charge is 0.493 e. The molecule has 0 fully saturated rings. The number of anilines is 1. The summed E-state index contributed by atoms with van der Waals surface area (Å²) in [4.78, 5) is 34.0. The molecule has 10 nitrogen and oxygen atoms in total. The summed E-state index contributed by atoms with van der Waals surface area (Å²) in [6.07, 6.45) is 0. The molecule has 0 saturated heterocycles. The molecular formula is C18H17FN2O8. The van der Waals surface area contributed by atoms with Crippen molar-refractivity contribution in [1.29, 1.82) is 0 Å². The van der Waals surface area contributed by atoms with Crippen molar-refractivity contribution in [2.45, 2.75) is 0 Å². The second-order valence-electron chi connectivity index (χ2n) is 5.46. The van der Waals surface area contributed by atoms with Gasteiger partial charge >= 0.3 is 11.7 Å². The van der Waals surface area contributed by atoms with Crippen LogP contribution in [0.3, 0.4) is 0 Å². The molecule has 0 spiro atoms. The van der Waals surface area contributed by atoms with Crippen molar-refractivity contribution in [3.8, 4) is 17.2 Å². The molecule has 0 saturated carbocycles. The van der Waals surface area contributed by atoms with Crippen molar-refractivity contribution < 1.29 is 37.9 Å². The lowest BCUT2D eigenvalue weighted by molar-refractivity contribution is -0.387. The van der Waals surface area contributed by atoms with Gasteiger partial charge in [-0.05, 0) is 24.3 Å². The summed E-state index contributed by atoms with van der Waals surface area (Å²) >= 11 is 0. The lowest BCUT2D eigenvalue weighted by atomic mass is 10.2. The molecule has 29 heavy (non-hydrogen) atoms. The van der Waals surface area contributed by atoms with Crippen molar-refractivity contribution in [2.75, 3.05) is 33.3 Å². The molecule has 0 aliphatic rings. The van der Waals surface area contributed by atoms with Gasteiger partial charge in [0.05, 0.1) is 31.8 Å². The molecule has 0 unspecified atom stereocenters. The van der Waals surface area contributed by atoms with Crippen LogP contribution in [0.15, 0.2) is 30.3 Å². The average molecular weight is 408 g/mol. The van der Waals surface area contributed by atoms with Crippen LogP contribution in [0.1, 0.15) is 10.4 Å². The summed E-state index contributed by atoms with van der Waals surface area (Å²) in [6, 6.07) is 5.54. The third kappa shape index (κ3) is 5.09. The number of nitro benzene ring substituents is 1. The Labute approximate surface area is 164 Å². The summed E-state index contributed by atoms with van der Waals surface area (Å²) in [6.45, 7) is -0.680. The molecule has 0 aliphatic carbocycles. The fraction of sp³-hybridized carbons (Fsp3) is 0.222. The Kier molecular flexibility index (Phi) is 6.90. The number of carbonyl (C=O) groups excluding carboxylic acids is 2. The molecule has 0 bridgehead atoms. The van der Waals surface area contributed by atoms with Gasteiger partial charge in [-0.1, -0.05) is 0 Å². The highest BCUT2D eigenvalue weighted by atomic mass is 19.1. The van der Waals surface area contributed by atoms with Crippen LogP contribution in [0.4, 0.5) is 15.8 Å². The van der Waals surface area contributed by atoms with Crippen molar-refractivity contribution >= 4 is 23.3 Å². The summed E-state index contributed by atoms with van der Waals surface area (Å²) in [5, 5.41) is 13.0. The third-order valence-corrected chi connectivity index (χ3v) is 3.66. The molecule has 0 aliphatic heterocycles. The molecule has 0 radical (unpaired) electrons. The van der Waals surface area contributed by atoms with Crippen LogP contribution in [0.5, 0.6) is 17.2 Å². The fourth-order valence-corrected chi connectivity index (χ4v) is 2.34. The zero-order valence-electron chi connectivity index (χ0n) is 15.7. The van der Waals surface area contributed by atoms with Crippen LogP contribution in [-0.2, 0) is 9.53 Å². The van der Waals surface area contributed by atoms with Crippen LogP contribution in [0, 0.1) is 15.9 Å². The number of benzene rings is 2. The van der Waals surface area contributed by atoms with E-state index in [1.165, 1.54) is 33.5 Å². The number of nitro groups is 1. The number of nitrogens with zero attached hydrogens (tertiary/aromatic N) is 1. The van der Waals surface area contributed by atoms with E-state index in [0.717, 1.165) is 18.2 Å². The van der Waals surface area contributed by atoms with E-state index in [-0.39, 0.29) is 28.5 Å².